The third kappa shape index (κ3) is 2.88. The Morgan fingerprint density at radius 1 is 1.53 bits per heavy atom. The van der Waals surface area contributed by atoms with E-state index in [1.807, 2.05) is 0 Å². The van der Waals surface area contributed by atoms with E-state index in [-0.39, 0.29) is 17.2 Å². The van der Waals surface area contributed by atoms with Crippen LogP contribution in [0.1, 0.15) is 19.4 Å². The number of hydrogen-bond acceptors (Lipinski definition) is 3. The molecule has 0 heterocycles. The van der Waals surface area contributed by atoms with E-state index in [1.54, 1.807) is 6.92 Å². The van der Waals surface area contributed by atoms with E-state index >= 15 is 0 Å². The highest BCUT2D eigenvalue weighted by Crippen LogP contribution is 2.33. The van der Waals surface area contributed by atoms with E-state index < -0.39 is 11.6 Å². The predicted octanol–water partition coefficient (Wildman–Crippen LogP) is 3.10. The number of halogens is 2. The van der Waals surface area contributed by atoms with Gasteiger partial charge in [-0.05, 0) is 26.0 Å². The van der Waals surface area contributed by atoms with E-state index in [0.29, 0.717) is 5.75 Å². The van der Waals surface area contributed by atoms with Crippen molar-refractivity contribution in [1.82, 2.24) is 0 Å². The van der Waals surface area contributed by atoms with Crippen LogP contribution in [0.25, 0.3) is 0 Å². The highest BCUT2D eigenvalue weighted by Gasteiger charge is 2.37. The molecule has 0 spiro atoms. The molecular formula is C12H14ClFO3. The number of alkyl halides is 1. The van der Waals surface area contributed by atoms with E-state index in [1.165, 1.54) is 25.3 Å². The standard InChI is InChI=1S/C12H14ClFO3/c1-4-17-11(15)12(2,14)8-5-6-10(16-3)9(13)7-8/h5-7H,4H2,1-3H3. The molecule has 1 aromatic rings. The van der Waals surface area contributed by atoms with Gasteiger partial charge in [0, 0.05) is 5.56 Å². The zero-order valence-electron chi connectivity index (χ0n) is 9.92. The summed E-state index contributed by atoms with van der Waals surface area (Å²) < 4.78 is 23.9. The minimum absolute atomic E-state index is 0.127. The zero-order valence-corrected chi connectivity index (χ0v) is 10.7. The van der Waals surface area contributed by atoms with Crippen LogP contribution < -0.4 is 4.74 Å². The van der Waals surface area contributed by atoms with Gasteiger partial charge in [0.2, 0.25) is 5.67 Å². The lowest BCUT2D eigenvalue weighted by molar-refractivity contribution is -0.156. The van der Waals surface area contributed by atoms with E-state index in [4.69, 9.17) is 16.3 Å². The lowest BCUT2D eigenvalue weighted by Crippen LogP contribution is -2.29. The molecule has 0 saturated heterocycles. The van der Waals surface area contributed by atoms with Crippen molar-refractivity contribution < 1.29 is 18.7 Å². The number of ether oxygens (including phenoxy) is 2. The number of esters is 1. The number of rotatable bonds is 4. The predicted molar refractivity (Wildman–Crippen MR) is 63.1 cm³/mol. The Morgan fingerprint density at radius 2 is 2.18 bits per heavy atom. The molecule has 5 heteroatoms. The highest BCUT2D eigenvalue weighted by molar-refractivity contribution is 6.32. The molecule has 0 aliphatic carbocycles. The van der Waals surface area contributed by atoms with Crippen molar-refractivity contribution in [2.24, 2.45) is 0 Å². The van der Waals surface area contributed by atoms with Crippen LogP contribution in [0.2, 0.25) is 5.02 Å². The second-order valence-corrected chi connectivity index (χ2v) is 3.98. The zero-order chi connectivity index (χ0) is 13.1. The summed E-state index contributed by atoms with van der Waals surface area (Å²) in [5, 5.41) is 0.248. The van der Waals surface area contributed by atoms with Gasteiger partial charge in [0.05, 0.1) is 18.7 Å². The van der Waals surface area contributed by atoms with Gasteiger partial charge in [-0.2, -0.15) is 0 Å². The van der Waals surface area contributed by atoms with Crippen LogP contribution >= 0.6 is 11.6 Å². The molecule has 0 fully saturated rings. The van der Waals surface area contributed by atoms with Crippen LogP contribution in [0.4, 0.5) is 4.39 Å². The Morgan fingerprint density at radius 3 is 2.65 bits per heavy atom. The molecule has 3 nitrogen and oxygen atoms in total. The Kier molecular flexibility index (Phi) is 4.34. The Labute approximate surface area is 104 Å². The van der Waals surface area contributed by atoms with Crippen LogP contribution in [0, 0.1) is 0 Å². The van der Waals surface area contributed by atoms with Crippen molar-refractivity contribution in [3.8, 4) is 5.75 Å². The third-order valence-electron chi connectivity index (χ3n) is 2.35. The van der Waals surface area contributed by atoms with E-state index in [0.717, 1.165) is 6.92 Å². The quantitative estimate of drug-likeness (QED) is 0.781. The number of hydrogen-bond donors (Lipinski definition) is 0. The van der Waals surface area contributed by atoms with Crippen molar-refractivity contribution in [3.05, 3.63) is 28.8 Å². The average molecular weight is 261 g/mol. The summed E-state index contributed by atoms with van der Waals surface area (Å²) in [4.78, 5) is 11.5. The fourth-order valence-corrected chi connectivity index (χ4v) is 1.60. The Hall–Kier alpha value is -1.29. The van der Waals surface area contributed by atoms with E-state index in [2.05, 4.69) is 4.74 Å². The second-order valence-electron chi connectivity index (χ2n) is 3.57. The van der Waals surface area contributed by atoms with Crippen LogP contribution in [0.3, 0.4) is 0 Å². The monoisotopic (exact) mass is 260 g/mol. The molecular weight excluding hydrogens is 247 g/mol. The molecule has 1 aromatic carbocycles. The number of methoxy groups -OCH3 is 1. The van der Waals surface area contributed by atoms with Crippen LogP contribution in [-0.2, 0) is 15.2 Å². The molecule has 0 aliphatic heterocycles. The van der Waals surface area contributed by atoms with Crippen molar-refractivity contribution in [1.29, 1.82) is 0 Å². The van der Waals surface area contributed by atoms with Crippen molar-refractivity contribution in [3.63, 3.8) is 0 Å². The minimum Gasteiger partial charge on any atom is -0.495 e. The second kappa shape index (κ2) is 5.36. The Bertz CT molecular complexity index is 418. The number of benzene rings is 1. The smallest absolute Gasteiger partial charge is 0.348 e. The molecule has 0 amide bonds. The molecule has 0 aliphatic rings. The summed E-state index contributed by atoms with van der Waals surface area (Å²) in [6, 6.07) is 4.31. The van der Waals surface area contributed by atoms with Gasteiger partial charge in [-0.15, -0.1) is 0 Å². The summed E-state index contributed by atoms with van der Waals surface area (Å²) in [5.74, 6) is -0.503. The van der Waals surface area contributed by atoms with Gasteiger partial charge < -0.3 is 9.47 Å². The molecule has 1 rings (SSSR count). The topological polar surface area (TPSA) is 35.5 Å². The third-order valence-corrected chi connectivity index (χ3v) is 2.65. The van der Waals surface area contributed by atoms with Crippen molar-refractivity contribution >= 4 is 17.6 Å². The first-order valence-electron chi connectivity index (χ1n) is 5.13. The van der Waals surface area contributed by atoms with Crippen LogP contribution in [0.5, 0.6) is 5.75 Å². The first-order chi connectivity index (χ1) is 7.93. The van der Waals surface area contributed by atoms with E-state index in [9.17, 15) is 9.18 Å². The lowest BCUT2D eigenvalue weighted by Gasteiger charge is -2.19. The SMILES string of the molecule is CCOC(=O)C(C)(F)c1ccc(OC)c(Cl)c1. The fourth-order valence-electron chi connectivity index (χ4n) is 1.34. The largest absolute Gasteiger partial charge is 0.495 e. The maximum absolute atomic E-state index is 14.2. The van der Waals surface area contributed by atoms with Crippen molar-refractivity contribution in [2.75, 3.05) is 13.7 Å². The average Bonchev–Trinajstić information content (AvgIpc) is 2.29. The molecule has 0 N–H and O–H groups in total. The van der Waals surface area contributed by atoms with Gasteiger partial charge in [-0.25, -0.2) is 9.18 Å². The molecule has 17 heavy (non-hydrogen) atoms. The highest BCUT2D eigenvalue weighted by atomic mass is 35.5. The number of carbonyl (C=O) groups excluding carboxylic acids is 1. The van der Waals surface area contributed by atoms with Crippen molar-refractivity contribution in [2.45, 2.75) is 19.5 Å². The van der Waals surface area contributed by atoms with Gasteiger partial charge in [0.1, 0.15) is 5.75 Å². The summed E-state index contributed by atoms with van der Waals surface area (Å²) in [7, 11) is 1.46. The van der Waals surface area contributed by atoms with Gasteiger partial charge in [-0.3, -0.25) is 0 Å². The minimum atomic E-state index is -2.22. The van der Waals surface area contributed by atoms with Crippen LogP contribution in [-0.4, -0.2) is 19.7 Å². The molecule has 0 bridgehead atoms. The van der Waals surface area contributed by atoms with Gasteiger partial charge in [-0.1, -0.05) is 17.7 Å². The molecule has 94 valence electrons. The summed E-state index contributed by atoms with van der Waals surface area (Å²) in [5.41, 5.74) is -2.08. The number of carbonyl (C=O) groups is 1. The lowest BCUT2D eigenvalue weighted by atomic mass is 9.98. The maximum Gasteiger partial charge on any atom is 0.348 e. The molecule has 0 radical (unpaired) electrons. The molecule has 0 aromatic heterocycles. The molecule has 0 saturated carbocycles. The maximum atomic E-state index is 14.2. The van der Waals surface area contributed by atoms with Gasteiger partial charge >= 0.3 is 5.97 Å². The van der Waals surface area contributed by atoms with Crippen LogP contribution in [0.15, 0.2) is 18.2 Å². The Balaban J connectivity index is 3.07. The van der Waals surface area contributed by atoms with Gasteiger partial charge in [0.15, 0.2) is 0 Å². The first-order valence-corrected chi connectivity index (χ1v) is 5.51. The molecule has 1 unspecified atom stereocenters. The normalized spacial score (nSPS) is 13.9. The molecule has 1 atom stereocenters. The summed E-state index contributed by atoms with van der Waals surface area (Å²) in [6.07, 6.45) is 0. The summed E-state index contributed by atoms with van der Waals surface area (Å²) >= 11 is 5.87. The van der Waals surface area contributed by atoms with Gasteiger partial charge in [0.25, 0.3) is 0 Å². The summed E-state index contributed by atoms with van der Waals surface area (Å²) in [6.45, 7) is 2.89. The first kappa shape index (κ1) is 13.8. The fraction of sp³-hybridized carbons (Fsp3) is 0.417.